The fourth-order valence-electron chi connectivity index (χ4n) is 2.71. The van der Waals surface area contributed by atoms with Gasteiger partial charge in [-0.05, 0) is 41.8 Å². The zero-order valence-electron chi connectivity index (χ0n) is 17.6. The van der Waals surface area contributed by atoms with E-state index in [4.69, 9.17) is 11.6 Å². The highest BCUT2D eigenvalue weighted by atomic mass is 35.5. The largest absolute Gasteiger partial charge is 0.326 e. The molecule has 0 aliphatic rings. The van der Waals surface area contributed by atoms with Crippen molar-refractivity contribution in [2.75, 3.05) is 16.4 Å². The highest BCUT2D eigenvalue weighted by Crippen LogP contribution is 2.27. The van der Waals surface area contributed by atoms with Crippen LogP contribution >= 0.6 is 34.7 Å². The van der Waals surface area contributed by atoms with Crippen LogP contribution < -0.4 is 10.6 Å². The number of amides is 2. The summed E-state index contributed by atoms with van der Waals surface area (Å²) >= 11 is 8.73. The van der Waals surface area contributed by atoms with E-state index in [1.54, 1.807) is 0 Å². The molecule has 1 heterocycles. The Balaban J connectivity index is 1.47. The van der Waals surface area contributed by atoms with E-state index < -0.39 is 0 Å². The first-order chi connectivity index (χ1) is 14.7. The van der Waals surface area contributed by atoms with E-state index in [2.05, 4.69) is 15.6 Å². The molecule has 0 saturated heterocycles. The predicted molar refractivity (Wildman–Crippen MR) is 131 cm³/mol. The Kier molecular flexibility index (Phi) is 7.75. The molecule has 1 aromatic heterocycles. The Morgan fingerprint density at radius 2 is 1.68 bits per heavy atom. The Labute approximate surface area is 195 Å². The van der Waals surface area contributed by atoms with Gasteiger partial charge in [-0.2, -0.15) is 0 Å². The Bertz CT molecular complexity index is 1040. The third-order valence-electron chi connectivity index (χ3n) is 4.09. The predicted octanol–water partition coefficient (Wildman–Crippen LogP) is 6.57. The number of anilines is 2. The number of benzene rings is 2. The molecule has 2 N–H and O–H groups in total. The van der Waals surface area contributed by atoms with Gasteiger partial charge in [0, 0.05) is 33.0 Å². The second-order valence-corrected chi connectivity index (χ2v) is 10.5. The van der Waals surface area contributed by atoms with Crippen molar-refractivity contribution in [1.82, 2.24) is 4.98 Å². The normalized spacial score (nSPS) is 11.2. The number of nitrogens with one attached hydrogen (secondary N) is 2. The Morgan fingerprint density at radius 3 is 2.32 bits per heavy atom. The number of thioether (sulfide) groups is 1. The molecule has 2 amide bonds. The van der Waals surface area contributed by atoms with Gasteiger partial charge >= 0.3 is 0 Å². The van der Waals surface area contributed by atoms with Crippen molar-refractivity contribution in [3.8, 4) is 11.3 Å². The van der Waals surface area contributed by atoms with Crippen LogP contribution in [0, 0.1) is 5.41 Å². The molecule has 5 nitrogen and oxygen atoms in total. The third-order valence-corrected chi connectivity index (χ3v) is 6.11. The van der Waals surface area contributed by atoms with Gasteiger partial charge in [0.15, 0.2) is 5.13 Å². The minimum Gasteiger partial charge on any atom is -0.326 e. The molecule has 0 atom stereocenters. The maximum absolute atomic E-state index is 12.3. The van der Waals surface area contributed by atoms with E-state index in [0.717, 1.165) is 21.8 Å². The fourth-order valence-corrected chi connectivity index (χ4v) is 4.27. The van der Waals surface area contributed by atoms with Gasteiger partial charge in [0.25, 0.3) is 0 Å². The minimum atomic E-state index is -0.121. The highest BCUT2D eigenvalue weighted by molar-refractivity contribution is 8.00. The van der Waals surface area contributed by atoms with Gasteiger partial charge in [-0.1, -0.05) is 44.5 Å². The van der Waals surface area contributed by atoms with Gasteiger partial charge in [-0.3, -0.25) is 9.59 Å². The van der Waals surface area contributed by atoms with E-state index in [1.165, 1.54) is 23.1 Å². The second-order valence-electron chi connectivity index (χ2n) is 8.19. The molecule has 0 aliphatic carbocycles. The molecule has 31 heavy (non-hydrogen) atoms. The fraction of sp³-hybridized carbons (Fsp3) is 0.261. The lowest BCUT2D eigenvalue weighted by Gasteiger charge is -2.17. The lowest BCUT2D eigenvalue weighted by Crippen LogP contribution is -2.19. The van der Waals surface area contributed by atoms with Crippen LogP contribution in [0.3, 0.4) is 0 Å². The summed E-state index contributed by atoms with van der Waals surface area (Å²) in [6.45, 7) is 6.09. The zero-order valence-corrected chi connectivity index (χ0v) is 20.0. The molecule has 0 unspecified atom stereocenters. The summed E-state index contributed by atoms with van der Waals surface area (Å²) in [4.78, 5) is 29.7. The van der Waals surface area contributed by atoms with Crippen LogP contribution in [0.15, 0.2) is 58.8 Å². The molecule has 0 fully saturated rings. The maximum Gasteiger partial charge on any atom is 0.236 e. The van der Waals surface area contributed by atoms with E-state index in [9.17, 15) is 9.59 Å². The molecular weight excluding hydrogens is 450 g/mol. The standard InChI is InChI=1S/C23H24ClN3O2S2/c1-23(2,3)12-20(28)25-17-8-10-18(11-9-17)30-14-21(29)27-22-26-19(13-31-22)15-4-6-16(24)7-5-15/h4-11,13H,12,14H2,1-3H3,(H,25,28)(H,26,27,29). The molecule has 0 radical (unpaired) electrons. The van der Waals surface area contributed by atoms with E-state index in [0.29, 0.717) is 16.6 Å². The Morgan fingerprint density at radius 1 is 1.00 bits per heavy atom. The summed E-state index contributed by atoms with van der Waals surface area (Å²) in [5.74, 6) is 0.143. The van der Waals surface area contributed by atoms with Gasteiger partial charge in [-0.25, -0.2) is 4.98 Å². The molecule has 3 aromatic rings. The lowest BCUT2D eigenvalue weighted by atomic mass is 9.92. The summed E-state index contributed by atoms with van der Waals surface area (Å²) in [6, 6.07) is 14.9. The number of carbonyl (C=O) groups is 2. The first-order valence-corrected chi connectivity index (χ1v) is 12.0. The third kappa shape index (κ3) is 7.69. The van der Waals surface area contributed by atoms with Crippen LogP contribution in [0.25, 0.3) is 11.3 Å². The average molecular weight is 474 g/mol. The Hall–Kier alpha value is -2.35. The van der Waals surface area contributed by atoms with Crippen LogP contribution in [0.4, 0.5) is 10.8 Å². The lowest BCUT2D eigenvalue weighted by molar-refractivity contribution is -0.118. The molecule has 0 aliphatic heterocycles. The van der Waals surface area contributed by atoms with Gasteiger partial charge < -0.3 is 10.6 Å². The highest BCUT2D eigenvalue weighted by Gasteiger charge is 2.16. The van der Waals surface area contributed by atoms with E-state index >= 15 is 0 Å². The second kappa shape index (κ2) is 10.3. The van der Waals surface area contributed by atoms with E-state index in [1.807, 2.05) is 74.7 Å². The molecule has 0 bridgehead atoms. The minimum absolute atomic E-state index is 0.00583. The maximum atomic E-state index is 12.3. The number of nitrogens with zero attached hydrogens (tertiary/aromatic N) is 1. The van der Waals surface area contributed by atoms with Crippen LogP contribution in [0.2, 0.25) is 5.02 Å². The van der Waals surface area contributed by atoms with Crippen molar-refractivity contribution in [2.45, 2.75) is 32.1 Å². The van der Waals surface area contributed by atoms with Crippen LogP contribution in [0.1, 0.15) is 27.2 Å². The van der Waals surface area contributed by atoms with Crippen LogP contribution in [-0.4, -0.2) is 22.6 Å². The molecule has 8 heteroatoms. The first-order valence-electron chi connectivity index (χ1n) is 9.72. The van der Waals surface area contributed by atoms with E-state index in [-0.39, 0.29) is 23.0 Å². The van der Waals surface area contributed by atoms with Crippen molar-refractivity contribution >= 4 is 57.3 Å². The summed E-state index contributed by atoms with van der Waals surface area (Å²) in [7, 11) is 0. The number of rotatable bonds is 7. The van der Waals surface area contributed by atoms with Crippen LogP contribution in [0.5, 0.6) is 0 Å². The number of thiazole rings is 1. The smallest absolute Gasteiger partial charge is 0.236 e. The summed E-state index contributed by atoms with van der Waals surface area (Å²) in [6.07, 6.45) is 0.458. The van der Waals surface area contributed by atoms with Crippen molar-refractivity contribution < 1.29 is 9.59 Å². The number of aromatic nitrogens is 1. The number of halogens is 1. The quantitative estimate of drug-likeness (QED) is 0.381. The van der Waals surface area contributed by atoms with Gasteiger partial charge in [0.1, 0.15) is 0 Å². The monoisotopic (exact) mass is 473 g/mol. The van der Waals surface area contributed by atoms with Crippen molar-refractivity contribution in [1.29, 1.82) is 0 Å². The van der Waals surface area contributed by atoms with Gasteiger partial charge in [-0.15, -0.1) is 23.1 Å². The number of hydrogen-bond donors (Lipinski definition) is 2. The van der Waals surface area contributed by atoms with Crippen molar-refractivity contribution in [3.05, 3.63) is 58.9 Å². The summed E-state index contributed by atoms with van der Waals surface area (Å²) in [5.41, 5.74) is 2.44. The van der Waals surface area contributed by atoms with Crippen LogP contribution in [-0.2, 0) is 9.59 Å². The molecule has 0 saturated carbocycles. The SMILES string of the molecule is CC(C)(C)CC(=O)Nc1ccc(SCC(=O)Nc2nc(-c3ccc(Cl)cc3)cs2)cc1. The topological polar surface area (TPSA) is 71.1 Å². The van der Waals surface area contributed by atoms with Gasteiger partial charge in [0.05, 0.1) is 11.4 Å². The number of hydrogen-bond acceptors (Lipinski definition) is 5. The molecular formula is C23H24ClN3O2S2. The zero-order chi connectivity index (χ0) is 22.4. The molecule has 3 rings (SSSR count). The summed E-state index contributed by atoms with van der Waals surface area (Å²) in [5, 5.41) is 8.87. The molecule has 0 spiro atoms. The molecule has 162 valence electrons. The summed E-state index contributed by atoms with van der Waals surface area (Å²) < 4.78 is 0. The molecule has 2 aromatic carbocycles. The van der Waals surface area contributed by atoms with Gasteiger partial charge in [0.2, 0.25) is 11.8 Å². The average Bonchev–Trinajstić information content (AvgIpc) is 3.15. The van der Waals surface area contributed by atoms with Crippen molar-refractivity contribution in [3.63, 3.8) is 0 Å². The first kappa shape index (κ1) is 23.3. The number of carbonyl (C=O) groups excluding carboxylic acids is 2. The van der Waals surface area contributed by atoms with Crippen molar-refractivity contribution in [2.24, 2.45) is 5.41 Å².